The van der Waals surface area contributed by atoms with Crippen molar-refractivity contribution < 1.29 is 13.2 Å². The van der Waals surface area contributed by atoms with Crippen molar-refractivity contribution in [1.29, 1.82) is 0 Å². The molecule has 132 valence electrons. The zero-order valence-electron chi connectivity index (χ0n) is 14.4. The minimum Gasteiger partial charge on any atom is -0.475 e. The number of sulfonamides is 1. The van der Waals surface area contributed by atoms with Crippen LogP contribution in [0.15, 0.2) is 35.9 Å². The lowest BCUT2D eigenvalue weighted by atomic mass is 10.2. The molecule has 7 nitrogen and oxygen atoms in total. The monoisotopic (exact) mass is 352 g/mol. The summed E-state index contributed by atoms with van der Waals surface area (Å²) >= 11 is 0. The van der Waals surface area contributed by atoms with Gasteiger partial charge >= 0.3 is 0 Å². The summed E-state index contributed by atoms with van der Waals surface area (Å²) in [5, 5.41) is 0.0151. The standard InChI is InChI=1S/C16H24N4O3S/c1-5-13(4)23-15-8-14(6-7-17-15)9-19-24(21,22)16-10-20(11-18-16)12(2)3/h6-8,10-13,19H,5,9H2,1-4H3/t13-/m0/s1. The second kappa shape index (κ2) is 7.76. The molecule has 2 aromatic rings. The van der Waals surface area contributed by atoms with Gasteiger partial charge in [-0.05, 0) is 38.8 Å². The van der Waals surface area contributed by atoms with E-state index in [9.17, 15) is 8.42 Å². The summed E-state index contributed by atoms with van der Waals surface area (Å²) in [4.78, 5) is 8.10. The molecule has 2 rings (SSSR count). The van der Waals surface area contributed by atoms with Gasteiger partial charge in [0.25, 0.3) is 10.0 Å². The van der Waals surface area contributed by atoms with Crippen molar-refractivity contribution in [1.82, 2.24) is 19.3 Å². The summed E-state index contributed by atoms with van der Waals surface area (Å²) in [6.45, 7) is 8.06. The molecule has 0 aliphatic rings. The quantitative estimate of drug-likeness (QED) is 0.789. The molecule has 0 fully saturated rings. The Labute approximate surface area is 143 Å². The van der Waals surface area contributed by atoms with Crippen LogP contribution in [-0.2, 0) is 16.6 Å². The van der Waals surface area contributed by atoms with Gasteiger partial charge in [0, 0.05) is 31.0 Å². The number of nitrogens with zero attached hydrogens (tertiary/aromatic N) is 3. The van der Waals surface area contributed by atoms with Gasteiger partial charge in [-0.3, -0.25) is 0 Å². The first-order valence-electron chi connectivity index (χ1n) is 7.96. The minimum atomic E-state index is -3.65. The predicted octanol–water partition coefficient (Wildman–Crippen LogP) is 2.51. The zero-order valence-corrected chi connectivity index (χ0v) is 15.2. The fraction of sp³-hybridized carbons (Fsp3) is 0.500. The topological polar surface area (TPSA) is 86.1 Å². The Kier molecular flexibility index (Phi) is 5.95. The van der Waals surface area contributed by atoms with E-state index in [-0.39, 0.29) is 23.7 Å². The number of rotatable bonds is 8. The average Bonchev–Trinajstić information content (AvgIpc) is 3.04. The molecule has 0 amide bonds. The molecule has 0 unspecified atom stereocenters. The van der Waals surface area contributed by atoms with E-state index in [1.807, 2.05) is 27.7 Å². The van der Waals surface area contributed by atoms with Crippen molar-refractivity contribution in [2.75, 3.05) is 0 Å². The number of aromatic nitrogens is 3. The van der Waals surface area contributed by atoms with Crippen LogP contribution in [0.3, 0.4) is 0 Å². The molecule has 0 saturated heterocycles. The summed E-state index contributed by atoms with van der Waals surface area (Å²) in [6, 6.07) is 3.64. The number of nitrogens with one attached hydrogen (secondary N) is 1. The lowest BCUT2D eigenvalue weighted by Gasteiger charge is -2.12. The highest BCUT2D eigenvalue weighted by atomic mass is 32.2. The van der Waals surface area contributed by atoms with E-state index in [0.717, 1.165) is 12.0 Å². The molecule has 0 radical (unpaired) electrons. The van der Waals surface area contributed by atoms with Crippen molar-refractivity contribution in [2.24, 2.45) is 0 Å². The van der Waals surface area contributed by atoms with Crippen LogP contribution in [0.2, 0.25) is 0 Å². The Morgan fingerprint density at radius 1 is 1.29 bits per heavy atom. The lowest BCUT2D eigenvalue weighted by molar-refractivity contribution is 0.208. The van der Waals surface area contributed by atoms with E-state index in [1.165, 1.54) is 12.5 Å². The van der Waals surface area contributed by atoms with Crippen LogP contribution in [0.4, 0.5) is 0 Å². The molecule has 0 spiro atoms. The Morgan fingerprint density at radius 2 is 2.04 bits per heavy atom. The normalized spacial score (nSPS) is 13.2. The number of pyridine rings is 1. The van der Waals surface area contributed by atoms with Crippen molar-refractivity contribution >= 4 is 10.0 Å². The molecule has 2 aromatic heterocycles. The third-order valence-corrected chi connectivity index (χ3v) is 4.90. The van der Waals surface area contributed by atoms with Gasteiger partial charge in [-0.2, -0.15) is 0 Å². The first-order valence-corrected chi connectivity index (χ1v) is 9.45. The summed E-state index contributed by atoms with van der Waals surface area (Å²) in [7, 11) is -3.65. The minimum absolute atomic E-state index is 0.0151. The van der Waals surface area contributed by atoms with Crippen LogP contribution in [0.5, 0.6) is 5.88 Å². The van der Waals surface area contributed by atoms with Gasteiger partial charge in [0.05, 0.1) is 12.4 Å². The van der Waals surface area contributed by atoms with Crippen LogP contribution in [0, 0.1) is 0 Å². The molecule has 0 aliphatic carbocycles. The highest BCUT2D eigenvalue weighted by Crippen LogP contribution is 2.14. The van der Waals surface area contributed by atoms with Gasteiger partial charge in [-0.25, -0.2) is 23.1 Å². The van der Waals surface area contributed by atoms with E-state index in [4.69, 9.17) is 4.74 Å². The maximum Gasteiger partial charge on any atom is 0.259 e. The lowest BCUT2D eigenvalue weighted by Crippen LogP contribution is -2.23. The molecule has 24 heavy (non-hydrogen) atoms. The Bertz CT molecular complexity index is 771. The fourth-order valence-electron chi connectivity index (χ4n) is 1.91. The molecule has 8 heteroatoms. The van der Waals surface area contributed by atoms with Gasteiger partial charge < -0.3 is 9.30 Å². The van der Waals surface area contributed by atoms with Crippen molar-refractivity contribution in [3.63, 3.8) is 0 Å². The van der Waals surface area contributed by atoms with Crippen LogP contribution in [0.1, 0.15) is 45.7 Å². The highest BCUT2D eigenvalue weighted by Gasteiger charge is 2.18. The van der Waals surface area contributed by atoms with Crippen molar-refractivity contribution in [3.8, 4) is 5.88 Å². The van der Waals surface area contributed by atoms with Crippen LogP contribution in [-0.4, -0.2) is 29.1 Å². The second-order valence-electron chi connectivity index (χ2n) is 5.92. The maximum absolute atomic E-state index is 12.3. The van der Waals surface area contributed by atoms with Crippen molar-refractivity contribution in [3.05, 3.63) is 36.4 Å². The SMILES string of the molecule is CC[C@H](C)Oc1cc(CNS(=O)(=O)c2cn(C(C)C)cn2)ccn1. The second-order valence-corrected chi connectivity index (χ2v) is 7.63. The molecular formula is C16H24N4O3S. The summed E-state index contributed by atoms with van der Waals surface area (Å²) in [5.74, 6) is 0.491. The maximum atomic E-state index is 12.3. The molecule has 0 bridgehead atoms. The number of imidazole rings is 1. The summed E-state index contributed by atoms with van der Waals surface area (Å²) in [6.07, 6.45) is 5.58. The van der Waals surface area contributed by atoms with E-state index >= 15 is 0 Å². The molecule has 0 aliphatic heterocycles. The Balaban J connectivity index is 2.05. The molecule has 1 atom stereocenters. The fourth-order valence-corrected chi connectivity index (χ4v) is 2.86. The zero-order chi connectivity index (χ0) is 17.7. The predicted molar refractivity (Wildman–Crippen MR) is 91.3 cm³/mol. The Hall–Kier alpha value is -1.93. The van der Waals surface area contributed by atoms with Crippen LogP contribution < -0.4 is 9.46 Å². The number of hydrogen-bond donors (Lipinski definition) is 1. The molecule has 0 aromatic carbocycles. The average molecular weight is 352 g/mol. The molecular weight excluding hydrogens is 328 g/mol. The van der Waals surface area contributed by atoms with E-state index in [1.54, 1.807) is 22.9 Å². The molecule has 2 heterocycles. The van der Waals surface area contributed by atoms with Crippen LogP contribution in [0.25, 0.3) is 0 Å². The molecule has 1 N–H and O–H groups in total. The largest absolute Gasteiger partial charge is 0.475 e. The summed E-state index contributed by atoms with van der Waals surface area (Å²) in [5.41, 5.74) is 0.773. The summed E-state index contributed by atoms with van der Waals surface area (Å²) < 4.78 is 34.6. The number of ether oxygens (including phenoxy) is 1. The van der Waals surface area contributed by atoms with Crippen LogP contribution >= 0.6 is 0 Å². The van der Waals surface area contributed by atoms with Gasteiger partial charge in [0.1, 0.15) is 0 Å². The van der Waals surface area contributed by atoms with Gasteiger partial charge in [-0.1, -0.05) is 6.92 Å². The Morgan fingerprint density at radius 3 is 2.67 bits per heavy atom. The smallest absolute Gasteiger partial charge is 0.259 e. The van der Waals surface area contributed by atoms with E-state index < -0.39 is 10.0 Å². The number of hydrogen-bond acceptors (Lipinski definition) is 5. The van der Waals surface area contributed by atoms with Gasteiger partial charge in [0.15, 0.2) is 5.03 Å². The van der Waals surface area contributed by atoms with Crippen molar-refractivity contribution in [2.45, 2.75) is 57.8 Å². The highest BCUT2D eigenvalue weighted by molar-refractivity contribution is 7.89. The first kappa shape index (κ1) is 18.4. The van der Waals surface area contributed by atoms with Gasteiger partial charge in [-0.15, -0.1) is 0 Å². The van der Waals surface area contributed by atoms with E-state index in [2.05, 4.69) is 14.7 Å². The first-order chi connectivity index (χ1) is 11.3. The third-order valence-electron chi connectivity index (χ3n) is 3.61. The molecule has 0 saturated carbocycles. The van der Waals surface area contributed by atoms with E-state index in [0.29, 0.717) is 5.88 Å². The van der Waals surface area contributed by atoms with Gasteiger partial charge in [0.2, 0.25) is 5.88 Å². The third kappa shape index (κ3) is 4.78.